The number of halogens is 1. The first-order valence-corrected chi connectivity index (χ1v) is 6.71. The van der Waals surface area contributed by atoms with Crippen LogP contribution in [0.3, 0.4) is 0 Å². The lowest BCUT2D eigenvalue weighted by molar-refractivity contribution is -0.137. The normalized spacial score (nSPS) is 12.4. The van der Waals surface area contributed by atoms with E-state index in [2.05, 4.69) is 4.98 Å². The number of carboxylic acid groups (broad SMARTS) is 1. The van der Waals surface area contributed by atoms with Crippen LogP contribution < -0.4 is 0 Å². The summed E-state index contributed by atoms with van der Waals surface area (Å²) in [5, 5.41) is 9.68. The predicted octanol–water partition coefficient (Wildman–Crippen LogP) is 3.51. The number of aryl methyl sites for hydroxylation is 2. The molecule has 0 saturated carbocycles. The lowest BCUT2D eigenvalue weighted by Crippen LogP contribution is -2.09. The summed E-state index contributed by atoms with van der Waals surface area (Å²) in [5.74, 6) is -1.88. The van der Waals surface area contributed by atoms with E-state index in [1.807, 2.05) is 13.8 Å². The average Bonchev–Trinajstić information content (AvgIpc) is 2.67. The maximum atomic E-state index is 13.9. The molecule has 100 valence electrons. The molecule has 0 aliphatic rings. The number of carboxylic acids is 1. The summed E-state index contributed by atoms with van der Waals surface area (Å²) in [7, 11) is 0. The standard InChI is InChI=1S/C14H14FNO2S/c1-8-9(2)19-14(16-8)11(7-13(17)18)10-5-3-4-6-12(10)15/h3-6,11H,7H2,1-2H3,(H,17,18). The third-order valence-corrected chi connectivity index (χ3v) is 4.19. The molecule has 1 aromatic heterocycles. The number of rotatable bonds is 4. The second-order valence-corrected chi connectivity index (χ2v) is 5.60. The quantitative estimate of drug-likeness (QED) is 0.931. The summed E-state index contributed by atoms with van der Waals surface area (Å²) in [5.41, 5.74) is 1.25. The van der Waals surface area contributed by atoms with E-state index in [1.165, 1.54) is 17.4 Å². The van der Waals surface area contributed by atoms with E-state index in [1.54, 1.807) is 18.2 Å². The number of hydrogen-bond donors (Lipinski definition) is 1. The Bertz CT molecular complexity index is 590. The van der Waals surface area contributed by atoms with Crippen molar-refractivity contribution in [3.05, 3.63) is 51.2 Å². The van der Waals surface area contributed by atoms with E-state index < -0.39 is 11.9 Å². The van der Waals surface area contributed by atoms with Crippen molar-refractivity contribution in [3.63, 3.8) is 0 Å². The SMILES string of the molecule is Cc1nc(C(CC(=O)O)c2ccccc2F)sc1C. The molecule has 3 nitrogen and oxygen atoms in total. The van der Waals surface area contributed by atoms with Crippen LogP contribution in [-0.2, 0) is 4.79 Å². The number of aromatic nitrogens is 1. The Kier molecular flexibility index (Phi) is 3.95. The van der Waals surface area contributed by atoms with Crippen molar-refractivity contribution in [2.75, 3.05) is 0 Å². The van der Waals surface area contributed by atoms with Gasteiger partial charge in [-0.05, 0) is 25.5 Å². The Morgan fingerprint density at radius 3 is 2.63 bits per heavy atom. The highest BCUT2D eigenvalue weighted by Gasteiger charge is 2.24. The van der Waals surface area contributed by atoms with Gasteiger partial charge in [-0.2, -0.15) is 0 Å². The molecule has 1 unspecified atom stereocenters. The molecule has 2 rings (SSSR count). The highest BCUT2D eigenvalue weighted by atomic mass is 32.1. The summed E-state index contributed by atoms with van der Waals surface area (Å²) < 4.78 is 13.9. The van der Waals surface area contributed by atoms with Crippen LogP contribution in [-0.4, -0.2) is 16.1 Å². The number of benzene rings is 1. The van der Waals surface area contributed by atoms with Crippen LogP contribution in [0.2, 0.25) is 0 Å². The van der Waals surface area contributed by atoms with Gasteiger partial charge < -0.3 is 5.11 Å². The minimum atomic E-state index is -0.959. The Balaban J connectivity index is 2.47. The average molecular weight is 279 g/mol. The van der Waals surface area contributed by atoms with Crippen molar-refractivity contribution in [2.24, 2.45) is 0 Å². The van der Waals surface area contributed by atoms with E-state index in [0.29, 0.717) is 10.6 Å². The van der Waals surface area contributed by atoms with Crippen molar-refractivity contribution in [2.45, 2.75) is 26.2 Å². The van der Waals surface area contributed by atoms with Gasteiger partial charge in [0.2, 0.25) is 0 Å². The smallest absolute Gasteiger partial charge is 0.304 e. The molecule has 2 aromatic rings. The minimum Gasteiger partial charge on any atom is -0.481 e. The van der Waals surface area contributed by atoms with E-state index in [4.69, 9.17) is 5.11 Å². The summed E-state index contributed by atoms with van der Waals surface area (Å²) in [4.78, 5) is 16.4. The number of carbonyl (C=O) groups is 1. The predicted molar refractivity (Wildman–Crippen MR) is 72.1 cm³/mol. The second-order valence-electron chi connectivity index (χ2n) is 4.37. The molecule has 1 atom stereocenters. The molecule has 0 radical (unpaired) electrons. The maximum absolute atomic E-state index is 13.9. The van der Waals surface area contributed by atoms with E-state index >= 15 is 0 Å². The lowest BCUT2D eigenvalue weighted by atomic mass is 9.96. The van der Waals surface area contributed by atoms with Crippen molar-refractivity contribution >= 4 is 17.3 Å². The zero-order valence-corrected chi connectivity index (χ0v) is 11.5. The Morgan fingerprint density at radius 1 is 1.42 bits per heavy atom. The zero-order chi connectivity index (χ0) is 14.0. The van der Waals surface area contributed by atoms with E-state index in [9.17, 15) is 9.18 Å². The molecule has 1 aromatic carbocycles. The molecule has 19 heavy (non-hydrogen) atoms. The van der Waals surface area contributed by atoms with Gasteiger partial charge in [0, 0.05) is 10.8 Å². The van der Waals surface area contributed by atoms with Crippen molar-refractivity contribution in [3.8, 4) is 0 Å². The van der Waals surface area contributed by atoms with Gasteiger partial charge in [0.05, 0.1) is 12.1 Å². The molecule has 0 spiro atoms. The molecule has 0 amide bonds. The van der Waals surface area contributed by atoms with Gasteiger partial charge in [0.25, 0.3) is 0 Å². The van der Waals surface area contributed by atoms with Crippen LogP contribution in [0.5, 0.6) is 0 Å². The highest BCUT2D eigenvalue weighted by Crippen LogP contribution is 2.33. The summed E-state index contributed by atoms with van der Waals surface area (Å²) in [6, 6.07) is 6.27. The summed E-state index contributed by atoms with van der Waals surface area (Å²) >= 11 is 1.43. The number of nitrogens with zero attached hydrogens (tertiary/aromatic N) is 1. The first-order valence-electron chi connectivity index (χ1n) is 5.89. The zero-order valence-electron chi connectivity index (χ0n) is 10.7. The Morgan fingerprint density at radius 2 is 2.11 bits per heavy atom. The van der Waals surface area contributed by atoms with Gasteiger partial charge in [-0.25, -0.2) is 9.37 Å². The van der Waals surface area contributed by atoms with Crippen LogP contribution in [0.15, 0.2) is 24.3 Å². The molecule has 0 saturated heterocycles. The van der Waals surface area contributed by atoms with Gasteiger partial charge in [-0.15, -0.1) is 11.3 Å². The molecule has 0 aliphatic carbocycles. The molecule has 5 heteroatoms. The molecule has 0 aliphatic heterocycles. The molecule has 1 heterocycles. The van der Waals surface area contributed by atoms with Crippen LogP contribution >= 0.6 is 11.3 Å². The monoisotopic (exact) mass is 279 g/mol. The first kappa shape index (κ1) is 13.7. The Hall–Kier alpha value is -1.75. The van der Waals surface area contributed by atoms with Crippen molar-refractivity contribution in [1.82, 2.24) is 4.98 Å². The van der Waals surface area contributed by atoms with Crippen molar-refractivity contribution in [1.29, 1.82) is 0 Å². The van der Waals surface area contributed by atoms with Crippen molar-refractivity contribution < 1.29 is 14.3 Å². The highest BCUT2D eigenvalue weighted by molar-refractivity contribution is 7.11. The first-order chi connectivity index (χ1) is 8.99. The lowest BCUT2D eigenvalue weighted by Gasteiger charge is -2.13. The Labute approximate surface area is 114 Å². The molecule has 0 bridgehead atoms. The van der Waals surface area contributed by atoms with Gasteiger partial charge in [-0.1, -0.05) is 18.2 Å². The van der Waals surface area contributed by atoms with Gasteiger partial charge >= 0.3 is 5.97 Å². The van der Waals surface area contributed by atoms with E-state index in [0.717, 1.165) is 10.6 Å². The summed E-state index contributed by atoms with van der Waals surface area (Å²) in [6.07, 6.45) is -0.159. The fourth-order valence-corrected chi connectivity index (χ4v) is 2.95. The molecular weight excluding hydrogens is 265 g/mol. The third-order valence-electron chi connectivity index (χ3n) is 3.00. The molecule has 1 N–H and O–H groups in total. The number of aliphatic carboxylic acids is 1. The minimum absolute atomic E-state index is 0.159. The fraction of sp³-hybridized carbons (Fsp3) is 0.286. The number of thiazole rings is 1. The second kappa shape index (κ2) is 5.48. The maximum Gasteiger partial charge on any atom is 0.304 e. The van der Waals surface area contributed by atoms with E-state index in [-0.39, 0.29) is 12.2 Å². The fourth-order valence-electron chi connectivity index (χ4n) is 1.91. The largest absolute Gasteiger partial charge is 0.481 e. The van der Waals surface area contributed by atoms with Crippen LogP contribution in [0.1, 0.15) is 33.5 Å². The molecular formula is C14H14FNO2S. The van der Waals surface area contributed by atoms with Crippen LogP contribution in [0, 0.1) is 19.7 Å². The molecule has 0 fully saturated rings. The summed E-state index contributed by atoms with van der Waals surface area (Å²) in [6.45, 7) is 3.80. The van der Waals surface area contributed by atoms with Gasteiger partial charge in [0.1, 0.15) is 10.8 Å². The van der Waals surface area contributed by atoms with Crippen LogP contribution in [0.25, 0.3) is 0 Å². The number of hydrogen-bond acceptors (Lipinski definition) is 3. The third kappa shape index (κ3) is 2.98. The topological polar surface area (TPSA) is 50.2 Å². The van der Waals surface area contributed by atoms with Gasteiger partial charge in [-0.3, -0.25) is 4.79 Å². The van der Waals surface area contributed by atoms with Gasteiger partial charge in [0.15, 0.2) is 0 Å². The van der Waals surface area contributed by atoms with Crippen LogP contribution in [0.4, 0.5) is 4.39 Å².